The first-order chi connectivity index (χ1) is 16.2. The second kappa shape index (κ2) is 12.5. The van der Waals surface area contributed by atoms with Crippen molar-refractivity contribution in [1.29, 1.82) is 0 Å². The molecule has 0 fully saturated rings. The molecule has 2 rings (SSSR count). The molecular weight excluding hydrogens is 556 g/mol. The van der Waals surface area contributed by atoms with Gasteiger partial charge >= 0.3 is 0 Å². The number of carbonyl (C=O) groups is 2. The molecule has 0 saturated carbocycles. The molecule has 35 heavy (non-hydrogen) atoms. The van der Waals surface area contributed by atoms with Crippen molar-refractivity contribution in [2.45, 2.75) is 45.8 Å². The molecule has 2 atom stereocenters. The predicted molar refractivity (Wildman–Crippen MR) is 143 cm³/mol. The summed E-state index contributed by atoms with van der Waals surface area (Å²) >= 11 is 24.6. The fourth-order valence-corrected chi connectivity index (χ4v) is 4.91. The van der Waals surface area contributed by atoms with E-state index in [1.807, 2.05) is 13.8 Å². The zero-order chi connectivity index (χ0) is 26.5. The predicted octanol–water partition coefficient (Wildman–Crippen LogP) is 5.40. The van der Waals surface area contributed by atoms with E-state index in [0.717, 1.165) is 10.6 Å². The summed E-state index contributed by atoms with van der Waals surface area (Å²) in [5.41, 5.74) is 0.593. The molecule has 0 bridgehead atoms. The lowest BCUT2D eigenvalue weighted by Crippen LogP contribution is -2.52. The number of benzene rings is 2. The Morgan fingerprint density at radius 3 is 2.14 bits per heavy atom. The molecule has 12 heteroatoms. The largest absolute Gasteiger partial charge is 0.352 e. The van der Waals surface area contributed by atoms with Crippen LogP contribution in [0.3, 0.4) is 0 Å². The van der Waals surface area contributed by atoms with Crippen molar-refractivity contribution in [2.24, 2.45) is 0 Å². The van der Waals surface area contributed by atoms with Gasteiger partial charge in [0, 0.05) is 27.7 Å². The van der Waals surface area contributed by atoms with Gasteiger partial charge in [-0.25, -0.2) is 8.42 Å². The van der Waals surface area contributed by atoms with Crippen LogP contribution in [0.1, 0.15) is 32.8 Å². The third-order valence-corrected chi connectivity index (χ3v) is 7.65. The molecule has 7 nitrogen and oxygen atoms in total. The molecule has 192 valence electrons. The smallest absolute Gasteiger partial charge is 0.244 e. The van der Waals surface area contributed by atoms with Crippen LogP contribution >= 0.6 is 46.4 Å². The second-order valence-corrected chi connectivity index (χ2v) is 11.7. The minimum absolute atomic E-state index is 0.0508. The normalized spacial score (nSPS) is 13.1. The fraction of sp³-hybridized carbons (Fsp3) is 0.391. The lowest BCUT2D eigenvalue weighted by Gasteiger charge is -2.32. The van der Waals surface area contributed by atoms with Crippen LogP contribution in [0, 0.1) is 0 Å². The number of nitrogens with one attached hydrogen (secondary N) is 1. The number of sulfonamides is 1. The number of carbonyl (C=O) groups excluding carboxylic acids is 2. The van der Waals surface area contributed by atoms with Crippen LogP contribution in [-0.2, 0) is 26.2 Å². The molecule has 0 aliphatic carbocycles. The summed E-state index contributed by atoms with van der Waals surface area (Å²) in [7, 11) is -3.94. The Morgan fingerprint density at radius 1 is 0.971 bits per heavy atom. The molecule has 0 heterocycles. The van der Waals surface area contributed by atoms with Crippen molar-refractivity contribution < 1.29 is 18.0 Å². The lowest BCUT2D eigenvalue weighted by molar-refractivity contribution is -0.139. The average Bonchev–Trinajstić information content (AvgIpc) is 2.77. The Bertz CT molecular complexity index is 1190. The van der Waals surface area contributed by atoms with Crippen molar-refractivity contribution >= 4 is 73.9 Å². The average molecular weight is 583 g/mol. The fourth-order valence-electron chi connectivity index (χ4n) is 3.15. The number of nitrogens with zero attached hydrogens (tertiary/aromatic N) is 2. The Hall–Kier alpha value is -1.71. The van der Waals surface area contributed by atoms with Crippen molar-refractivity contribution in [3.05, 3.63) is 62.1 Å². The van der Waals surface area contributed by atoms with Gasteiger partial charge in [-0.2, -0.15) is 0 Å². The molecule has 2 aromatic rings. The number of hydrogen-bond acceptors (Lipinski definition) is 4. The number of halogens is 4. The Morgan fingerprint density at radius 2 is 1.57 bits per heavy atom. The van der Waals surface area contributed by atoms with Gasteiger partial charge in [0.15, 0.2) is 0 Å². The maximum absolute atomic E-state index is 13.5. The van der Waals surface area contributed by atoms with Crippen molar-refractivity contribution in [3.63, 3.8) is 0 Å². The second-order valence-electron chi connectivity index (χ2n) is 8.12. The highest BCUT2D eigenvalue weighted by Crippen LogP contribution is 2.31. The number of amides is 2. The molecule has 0 spiro atoms. The first-order valence-corrected chi connectivity index (χ1v) is 14.1. The monoisotopic (exact) mass is 581 g/mol. The van der Waals surface area contributed by atoms with E-state index in [1.54, 1.807) is 19.1 Å². The maximum Gasteiger partial charge on any atom is 0.244 e. The molecule has 0 aromatic heterocycles. The van der Waals surface area contributed by atoms with Gasteiger partial charge in [-0.1, -0.05) is 59.4 Å². The molecule has 0 radical (unpaired) electrons. The van der Waals surface area contributed by atoms with Crippen LogP contribution < -0.4 is 9.62 Å². The SMILES string of the molecule is CC[C@H](C)NC(=O)[C@H](C)N(Cc1ccc(Cl)cc1Cl)C(=O)CN(c1cc(Cl)ccc1Cl)S(C)(=O)=O. The van der Waals surface area contributed by atoms with Crippen molar-refractivity contribution in [2.75, 3.05) is 17.1 Å². The van der Waals surface area contributed by atoms with Crippen LogP contribution in [0.25, 0.3) is 0 Å². The third kappa shape index (κ3) is 8.15. The van der Waals surface area contributed by atoms with Gasteiger partial charge in [-0.3, -0.25) is 13.9 Å². The van der Waals surface area contributed by atoms with E-state index in [9.17, 15) is 18.0 Å². The van der Waals surface area contributed by atoms with Gasteiger partial charge in [-0.05, 0) is 56.2 Å². The van der Waals surface area contributed by atoms with Gasteiger partial charge in [-0.15, -0.1) is 0 Å². The topological polar surface area (TPSA) is 86.8 Å². The maximum atomic E-state index is 13.5. The standard InChI is InChI=1S/C23H27Cl4N3O4S/c1-5-14(2)28-23(32)15(3)29(12-16-6-7-17(24)10-20(16)27)22(31)13-30(35(4,33)34)21-11-18(25)8-9-19(21)26/h6-11,14-15H,5,12-13H2,1-4H3,(H,28,32)/t14-,15-/m0/s1. The van der Waals surface area contributed by atoms with E-state index in [0.29, 0.717) is 22.0 Å². The van der Waals surface area contributed by atoms with Crippen molar-refractivity contribution in [1.82, 2.24) is 10.2 Å². The molecule has 1 N–H and O–H groups in total. The highest BCUT2D eigenvalue weighted by molar-refractivity contribution is 7.92. The zero-order valence-corrected chi connectivity index (χ0v) is 23.5. The van der Waals surface area contributed by atoms with E-state index >= 15 is 0 Å². The summed E-state index contributed by atoms with van der Waals surface area (Å²) in [6.45, 7) is 4.68. The summed E-state index contributed by atoms with van der Waals surface area (Å²) in [5.74, 6) is -1.02. The van der Waals surface area contributed by atoms with Crippen LogP contribution in [0.2, 0.25) is 20.1 Å². The minimum Gasteiger partial charge on any atom is -0.352 e. The molecule has 2 aromatic carbocycles. The number of rotatable bonds is 10. The van der Waals surface area contributed by atoms with Gasteiger partial charge < -0.3 is 10.2 Å². The summed E-state index contributed by atoms with van der Waals surface area (Å²) in [4.78, 5) is 27.7. The first-order valence-electron chi connectivity index (χ1n) is 10.7. The van der Waals surface area contributed by atoms with E-state index in [2.05, 4.69) is 5.32 Å². The van der Waals surface area contributed by atoms with E-state index in [4.69, 9.17) is 46.4 Å². The Labute approximate surface area is 226 Å². The molecule has 2 amide bonds. The van der Waals surface area contributed by atoms with E-state index in [-0.39, 0.29) is 34.2 Å². The lowest BCUT2D eigenvalue weighted by atomic mass is 10.1. The summed E-state index contributed by atoms with van der Waals surface area (Å²) in [6.07, 6.45) is 1.65. The van der Waals surface area contributed by atoms with Gasteiger partial charge in [0.2, 0.25) is 21.8 Å². The van der Waals surface area contributed by atoms with Crippen LogP contribution in [-0.4, -0.2) is 50.0 Å². The number of hydrogen-bond donors (Lipinski definition) is 1. The van der Waals surface area contributed by atoms with Crippen LogP contribution in [0.15, 0.2) is 36.4 Å². The third-order valence-electron chi connectivity index (χ3n) is 5.38. The minimum atomic E-state index is -3.94. The van der Waals surface area contributed by atoms with E-state index in [1.165, 1.54) is 29.2 Å². The summed E-state index contributed by atoms with van der Waals surface area (Å²) in [6, 6.07) is 8.05. The van der Waals surface area contributed by atoms with Gasteiger partial charge in [0.1, 0.15) is 12.6 Å². The summed E-state index contributed by atoms with van der Waals surface area (Å²) in [5, 5.41) is 3.92. The number of anilines is 1. The van der Waals surface area contributed by atoms with Gasteiger partial charge in [0.05, 0.1) is 17.0 Å². The first kappa shape index (κ1) is 29.5. The Kier molecular flexibility index (Phi) is 10.5. The van der Waals surface area contributed by atoms with Crippen LogP contribution in [0.5, 0.6) is 0 Å². The highest BCUT2D eigenvalue weighted by atomic mass is 35.5. The molecule has 0 saturated heterocycles. The highest BCUT2D eigenvalue weighted by Gasteiger charge is 2.31. The molecule has 0 unspecified atom stereocenters. The van der Waals surface area contributed by atoms with Gasteiger partial charge in [0.25, 0.3) is 0 Å². The Balaban J connectivity index is 2.47. The molecule has 0 aliphatic heterocycles. The molecule has 0 aliphatic rings. The quantitative estimate of drug-likeness (QED) is 0.406. The zero-order valence-electron chi connectivity index (χ0n) is 19.7. The van der Waals surface area contributed by atoms with E-state index < -0.39 is 28.5 Å². The van der Waals surface area contributed by atoms with Crippen molar-refractivity contribution in [3.8, 4) is 0 Å². The summed E-state index contributed by atoms with van der Waals surface area (Å²) < 4.78 is 26.1. The van der Waals surface area contributed by atoms with Crippen LogP contribution in [0.4, 0.5) is 5.69 Å². The molecular formula is C23H27Cl4N3O4S.